The number of hydroxylamine groups is 1. The molecule has 0 bridgehead atoms. The van der Waals surface area contributed by atoms with Gasteiger partial charge in [0.1, 0.15) is 0 Å². The largest absolute Gasteiger partial charge is 0.411 e. The lowest BCUT2D eigenvalue weighted by molar-refractivity contribution is 0.128. The molecular formula is C15H16N2O2. The van der Waals surface area contributed by atoms with Gasteiger partial charge in [-0.25, -0.2) is 0 Å². The summed E-state index contributed by atoms with van der Waals surface area (Å²) < 4.78 is 0. The van der Waals surface area contributed by atoms with E-state index in [9.17, 15) is 5.21 Å². The lowest BCUT2D eigenvalue weighted by Gasteiger charge is -2.16. The van der Waals surface area contributed by atoms with Gasteiger partial charge < -0.3 is 10.4 Å². The average Bonchev–Trinajstić information content (AvgIpc) is 2.50. The van der Waals surface area contributed by atoms with E-state index >= 15 is 0 Å². The zero-order chi connectivity index (χ0) is 13.5. The van der Waals surface area contributed by atoms with Gasteiger partial charge in [-0.1, -0.05) is 65.8 Å². The van der Waals surface area contributed by atoms with E-state index in [4.69, 9.17) is 5.21 Å². The summed E-state index contributed by atoms with van der Waals surface area (Å²) in [6.45, 7) is 0. The summed E-state index contributed by atoms with van der Waals surface area (Å²) in [5.41, 5.74) is 4.55. The van der Waals surface area contributed by atoms with E-state index in [2.05, 4.69) is 10.6 Å². The Morgan fingerprint density at radius 3 is 2.11 bits per heavy atom. The maximum absolute atomic E-state index is 9.28. The van der Waals surface area contributed by atoms with E-state index in [1.165, 1.54) is 0 Å². The molecular weight excluding hydrogens is 240 g/mol. The lowest BCUT2D eigenvalue weighted by atomic mass is 9.98. The smallest absolute Gasteiger partial charge is 0.0887 e. The van der Waals surface area contributed by atoms with Gasteiger partial charge in [-0.15, -0.1) is 0 Å². The molecule has 1 atom stereocenters. The van der Waals surface area contributed by atoms with Crippen LogP contribution in [-0.4, -0.2) is 16.1 Å². The molecule has 4 heteroatoms. The fourth-order valence-electron chi connectivity index (χ4n) is 1.96. The minimum atomic E-state index is -0.313. The van der Waals surface area contributed by atoms with Gasteiger partial charge in [0.2, 0.25) is 0 Å². The van der Waals surface area contributed by atoms with Crippen LogP contribution in [0.25, 0.3) is 0 Å². The average molecular weight is 256 g/mol. The van der Waals surface area contributed by atoms with Crippen molar-refractivity contribution in [2.24, 2.45) is 5.16 Å². The van der Waals surface area contributed by atoms with E-state index in [-0.39, 0.29) is 6.04 Å². The van der Waals surface area contributed by atoms with Gasteiger partial charge in [-0.2, -0.15) is 5.48 Å². The number of nitrogens with one attached hydrogen (secondary N) is 1. The molecule has 0 fully saturated rings. The standard InChI is InChI=1S/C15H16N2O2/c18-16-14(12-7-3-1-4-8-12)11-15(17-19)13-9-5-2-6-10-13/h1-10,14,16,18-19H,11H2/t14-/m1/s1. The maximum atomic E-state index is 9.28. The highest BCUT2D eigenvalue weighted by atomic mass is 16.5. The fourth-order valence-corrected chi connectivity index (χ4v) is 1.96. The third-order valence-electron chi connectivity index (χ3n) is 2.98. The van der Waals surface area contributed by atoms with Gasteiger partial charge in [0.15, 0.2) is 0 Å². The van der Waals surface area contributed by atoms with Crippen LogP contribution in [0.1, 0.15) is 23.6 Å². The van der Waals surface area contributed by atoms with Crippen LogP contribution < -0.4 is 5.48 Å². The van der Waals surface area contributed by atoms with Crippen LogP contribution in [0.2, 0.25) is 0 Å². The molecule has 0 aromatic heterocycles. The van der Waals surface area contributed by atoms with E-state index < -0.39 is 0 Å². The van der Waals surface area contributed by atoms with Crippen LogP contribution in [0.4, 0.5) is 0 Å². The molecule has 2 aromatic rings. The second kappa shape index (κ2) is 6.68. The SMILES string of the molecule is ON=C(C[C@@H](NO)c1ccccc1)c1ccccc1. The molecule has 0 heterocycles. The van der Waals surface area contributed by atoms with Crippen molar-refractivity contribution in [2.75, 3.05) is 0 Å². The van der Waals surface area contributed by atoms with Crippen molar-refractivity contribution in [3.63, 3.8) is 0 Å². The molecule has 0 spiro atoms. The molecule has 2 rings (SSSR count). The van der Waals surface area contributed by atoms with Gasteiger partial charge in [0.25, 0.3) is 0 Å². The monoisotopic (exact) mass is 256 g/mol. The minimum absolute atomic E-state index is 0.313. The minimum Gasteiger partial charge on any atom is -0.411 e. The van der Waals surface area contributed by atoms with E-state index in [0.29, 0.717) is 12.1 Å². The lowest BCUT2D eigenvalue weighted by Crippen LogP contribution is -2.21. The zero-order valence-electron chi connectivity index (χ0n) is 10.4. The highest BCUT2D eigenvalue weighted by Crippen LogP contribution is 2.19. The molecule has 19 heavy (non-hydrogen) atoms. The number of benzene rings is 2. The first kappa shape index (κ1) is 13.3. The maximum Gasteiger partial charge on any atom is 0.0887 e. The second-order valence-corrected chi connectivity index (χ2v) is 4.21. The van der Waals surface area contributed by atoms with Crippen molar-refractivity contribution in [1.82, 2.24) is 5.48 Å². The van der Waals surface area contributed by atoms with E-state index in [0.717, 1.165) is 11.1 Å². The van der Waals surface area contributed by atoms with Gasteiger partial charge >= 0.3 is 0 Å². The van der Waals surface area contributed by atoms with Crippen LogP contribution in [0.15, 0.2) is 65.8 Å². The molecule has 0 amide bonds. The van der Waals surface area contributed by atoms with Gasteiger partial charge in [0.05, 0.1) is 11.8 Å². The number of hydrogen-bond donors (Lipinski definition) is 3. The predicted molar refractivity (Wildman–Crippen MR) is 73.5 cm³/mol. The molecule has 98 valence electrons. The number of nitrogens with zero attached hydrogens (tertiary/aromatic N) is 1. The van der Waals surface area contributed by atoms with Crippen LogP contribution >= 0.6 is 0 Å². The van der Waals surface area contributed by atoms with Gasteiger partial charge in [0, 0.05) is 6.42 Å². The van der Waals surface area contributed by atoms with Crippen LogP contribution in [-0.2, 0) is 0 Å². The third-order valence-corrected chi connectivity index (χ3v) is 2.98. The van der Waals surface area contributed by atoms with Crippen molar-refractivity contribution < 1.29 is 10.4 Å². The van der Waals surface area contributed by atoms with E-state index in [1.807, 2.05) is 60.7 Å². The van der Waals surface area contributed by atoms with Crippen LogP contribution in [0.5, 0.6) is 0 Å². The van der Waals surface area contributed by atoms with Crippen molar-refractivity contribution >= 4 is 5.71 Å². The molecule has 0 radical (unpaired) electrons. The fraction of sp³-hybridized carbons (Fsp3) is 0.133. The summed E-state index contributed by atoms with van der Waals surface area (Å²) in [6, 6.07) is 18.6. The zero-order valence-corrected chi connectivity index (χ0v) is 10.4. The summed E-state index contributed by atoms with van der Waals surface area (Å²) in [4.78, 5) is 0. The van der Waals surface area contributed by atoms with Crippen molar-refractivity contribution in [3.05, 3.63) is 71.8 Å². The number of hydrogen-bond acceptors (Lipinski definition) is 4. The Bertz CT molecular complexity index is 526. The van der Waals surface area contributed by atoms with Crippen molar-refractivity contribution in [2.45, 2.75) is 12.5 Å². The molecule has 4 nitrogen and oxygen atoms in total. The van der Waals surface area contributed by atoms with Crippen LogP contribution in [0, 0.1) is 0 Å². The Balaban J connectivity index is 2.18. The molecule has 0 saturated carbocycles. The predicted octanol–water partition coefficient (Wildman–Crippen LogP) is 2.98. The highest BCUT2D eigenvalue weighted by molar-refractivity contribution is 6.00. The number of rotatable bonds is 5. The first-order valence-electron chi connectivity index (χ1n) is 6.06. The Kier molecular flexibility index (Phi) is 4.66. The summed E-state index contributed by atoms with van der Waals surface area (Å²) in [6.07, 6.45) is 0.390. The first-order valence-corrected chi connectivity index (χ1v) is 6.06. The van der Waals surface area contributed by atoms with E-state index in [1.54, 1.807) is 0 Å². The summed E-state index contributed by atoms with van der Waals surface area (Å²) in [5, 5.41) is 21.8. The summed E-state index contributed by atoms with van der Waals surface area (Å²) >= 11 is 0. The summed E-state index contributed by atoms with van der Waals surface area (Å²) in [5.74, 6) is 0. The molecule has 2 aromatic carbocycles. The topological polar surface area (TPSA) is 64.9 Å². The third kappa shape index (κ3) is 3.40. The van der Waals surface area contributed by atoms with Crippen molar-refractivity contribution in [1.29, 1.82) is 0 Å². The first-order chi connectivity index (χ1) is 9.35. The Morgan fingerprint density at radius 1 is 1.00 bits per heavy atom. The Hall–Kier alpha value is -2.17. The molecule has 0 aliphatic rings. The molecule has 0 aliphatic heterocycles. The molecule has 0 aliphatic carbocycles. The quantitative estimate of drug-likeness (QED) is 0.438. The molecule has 3 N–H and O–H groups in total. The van der Waals surface area contributed by atoms with Gasteiger partial charge in [-0.05, 0) is 11.1 Å². The Labute approximate surface area is 112 Å². The summed E-state index contributed by atoms with van der Waals surface area (Å²) in [7, 11) is 0. The normalized spacial score (nSPS) is 13.2. The Morgan fingerprint density at radius 2 is 1.58 bits per heavy atom. The molecule has 0 saturated heterocycles. The molecule has 0 unspecified atom stereocenters. The second-order valence-electron chi connectivity index (χ2n) is 4.21. The van der Waals surface area contributed by atoms with Crippen LogP contribution in [0.3, 0.4) is 0 Å². The number of oxime groups is 1. The highest BCUT2D eigenvalue weighted by Gasteiger charge is 2.15. The van der Waals surface area contributed by atoms with Crippen molar-refractivity contribution in [3.8, 4) is 0 Å². The van der Waals surface area contributed by atoms with Gasteiger partial charge in [-0.3, -0.25) is 0 Å².